The lowest BCUT2D eigenvalue weighted by atomic mass is 10.1. The smallest absolute Gasteiger partial charge is 0.267 e. The Morgan fingerprint density at radius 1 is 1.29 bits per heavy atom. The normalized spacial score (nSPS) is 11.8. The summed E-state index contributed by atoms with van der Waals surface area (Å²) in [4.78, 5) is 0. The molecular weight excluding hydrogens is 344 g/mol. The fourth-order valence-corrected chi connectivity index (χ4v) is 1.90. The minimum Gasteiger partial charge on any atom is -0.267 e. The number of aromatic nitrogens is 2. The molecule has 90 valence electrons. The standard InChI is InChI=1S/C11H8F3IN2/c12-11(13,14)9-3-1-2-8(4-9)6-17-7-10(15)5-16-17/h1-5,7H,6H2. The maximum Gasteiger partial charge on any atom is 0.416 e. The van der Waals surface area contributed by atoms with Gasteiger partial charge in [-0.25, -0.2) is 0 Å². The van der Waals surface area contributed by atoms with Crippen molar-refractivity contribution in [2.24, 2.45) is 0 Å². The second-order valence-electron chi connectivity index (χ2n) is 3.55. The second kappa shape index (κ2) is 4.67. The van der Waals surface area contributed by atoms with Crippen molar-refractivity contribution >= 4 is 22.6 Å². The van der Waals surface area contributed by atoms with Crippen molar-refractivity contribution in [2.75, 3.05) is 0 Å². The van der Waals surface area contributed by atoms with Crippen molar-refractivity contribution in [3.8, 4) is 0 Å². The molecule has 0 N–H and O–H groups in total. The molecule has 1 aromatic heterocycles. The monoisotopic (exact) mass is 352 g/mol. The fraction of sp³-hybridized carbons (Fsp3) is 0.182. The molecule has 2 nitrogen and oxygen atoms in total. The summed E-state index contributed by atoms with van der Waals surface area (Å²) in [5.74, 6) is 0. The van der Waals surface area contributed by atoms with Crippen molar-refractivity contribution in [1.82, 2.24) is 9.78 Å². The average Bonchev–Trinajstić information content (AvgIpc) is 2.63. The highest BCUT2D eigenvalue weighted by molar-refractivity contribution is 14.1. The first-order valence-electron chi connectivity index (χ1n) is 4.79. The molecule has 0 fully saturated rings. The molecule has 0 unspecified atom stereocenters. The van der Waals surface area contributed by atoms with E-state index in [0.29, 0.717) is 12.1 Å². The van der Waals surface area contributed by atoms with Gasteiger partial charge < -0.3 is 0 Å². The summed E-state index contributed by atoms with van der Waals surface area (Å²) in [6.07, 6.45) is -0.858. The van der Waals surface area contributed by atoms with Crippen LogP contribution in [0.3, 0.4) is 0 Å². The number of rotatable bonds is 2. The van der Waals surface area contributed by atoms with Crippen LogP contribution in [0.15, 0.2) is 36.7 Å². The van der Waals surface area contributed by atoms with E-state index < -0.39 is 11.7 Å². The summed E-state index contributed by atoms with van der Waals surface area (Å²) in [5, 5.41) is 4.03. The zero-order valence-electron chi connectivity index (χ0n) is 8.58. The van der Waals surface area contributed by atoms with Crippen LogP contribution in [0, 0.1) is 3.57 Å². The lowest BCUT2D eigenvalue weighted by Gasteiger charge is -2.08. The van der Waals surface area contributed by atoms with E-state index in [4.69, 9.17) is 0 Å². The van der Waals surface area contributed by atoms with Gasteiger partial charge in [-0.15, -0.1) is 0 Å². The van der Waals surface area contributed by atoms with E-state index in [1.165, 1.54) is 6.07 Å². The predicted molar refractivity (Wildman–Crippen MR) is 65.5 cm³/mol. The molecule has 2 rings (SSSR count). The molecule has 2 aromatic rings. The number of halogens is 4. The van der Waals surface area contributed by atoms with Crippen LogP contribution in [0.4, 0.5) is 13.2 Å². The Balaban J connectivity index is 2.22. The van der Waals surface area contributed by atoms with Gasteiger partial charge in [0.05, 0.1) is 21.9 Å². The average molecular weight is 352 g/mol. The zero-order valence-corrected chi connectivity index (χ0v) is 10.7. The van der Waals surface area contributed by atoms with Crippen LogP contribution < -0.4 is 0 Å². The zero-order chi connectivity index (χ0) is 12.5. The van der Waals surface area contributed by atoms with Gasteiger partial charge in [0.2, 0.25) is 0 Å². The lowest BCUT2D eigenvalue weighted by Crippen LogP contribution is -2.07. The molecule has 0 bridgehead atoms. The molecule has 0 radical (unpaired) electrons. The van der Waals surface area contributed by atoms with Crippen molar-refractivity contribution in [3.05, 3.63) is 51.4 Å². The van der Waals surface area contributed by atoms with E-state index in [2.05, 4.69) is 27.7 Å². The fourth-order valence-electron chi connectivity index (χ4n) is 1.46. The van der Waals surface area contributed by atoms with Crippen molar-refractivity contribution < 1.29 is 13.2 Å². The van der Waals surface area contributed by atoms with Crippen LogP contribution >= 0.6 is 22.6 Å². The largest absolute Gasteiger partial charge is 0.416 e. The topological polar surface area (TPSA) is 17.8 Å². The van der Waals surface area contributed by atoms with E-state index in [9.17, 15) is 13.2 Å². The van der Waals surface area contributed by atoms with E-state index >= 15 is 0 Å². The summed E-state index contributed by atoms with van der Waals surface area (Å²) < 4.78 is 40.0. The van der Waals surface area contributed by atoms with E-state index in [1.807, 2.05) is 0 Å². The van der Waals surface area contributed by atoms with Crippen LogP contribution in [-0.4, -0.2) is 9.78 Å². The summed E-state index contributed by atoms with van der Waals surface area (Å²) in [6.45, 7) is 0.340. The first kappa shape index (κ1) is 12.4. The third-order valence-corrected chi connectivity index (χ3v) is 2.76. The first-order chi connectivity index (χ1) is 7.95. The van der Waals surface area contributed by atoms with Crippen LogP contribution in [0.1, 0.15) is 11.1 Å². The van der Waals surface area contributed by atoms with Crippen LogP contribution in [0.25, 0.3) is 0 Å². The molecule has 0 atom stereocenters. The summed E-state index contributed by atoms with van der Waals surface area (Å²) in [6, 6.07) is 5.28. The highest BCUT2D eigenvalue weighted by Gasteiger charge is 2.30. The molecule has 0 aliphatic carbocycles. The Bertz CT molecular complexity index is 519. The van der Waals surface area contributed by atoms with E-state index in [1.54, 1.807) is 23.1 Å². The molecule has 0 amide bonds. The quantitative estimate of drug-likeness (QED) is 0.756. The van der Waals surface area contributed by atoms with Gasteiger partial charge in [-0.05, 0) is 40.3 Å². The molecular formula is C11H8F3IN2. The lowest BCUT2D eigenvalue weighted by molar-refractivity contribution is -0.137. The summed E-state index contributed by atoms with van der Waals surface area (Å²) >= 11 is 2.10. The number of alkyl halides is 3. The van der Waals surface area contributed by atoms with Crippen molar-refractivity contribution in [1.29, 1.82) is 0 Å². The molecule has 0 saturated heterocycles. The van der Waals surface area contributed by atoms with Gasteiger partial charge in [-0.1, -0.05) is 12.1 Å². The number of nitrogens with zero attached hydrogens (tertiary/aromatic N) is 2. The number of hydrogen-bond acceptors (Lipinski definition) is 1. The molecule has 6 heteroatoms. The molecule has 0 aliphatic rings. The Labute approximate surface area is 110 Å². The van der Waals surface area contributed by atoms with Gasteiger partial charge in [-0.2, -0.15) is 18.3 Å². The van der Waals surface area contributed by atoms with Gasteiger partial charge in [0.15, 0.2) is 0 Å². The van der Waals surface area contributed by atoms with Gasteiger partial charge in [0, 0.05) is 6.20 Å². The van der Waals surface area contributed by atoms with Gasteiger partial charge in [0.1, 0.15) is 0 Å². The number of benzene rings is 1. The predicted octanol–water partition coefficient (Wildman–Crippen LogP) is 3.55. The van der Waals surface area contributed by atoms with Crippen LogP contribution in [-0.2, 0) is 12.7 Å². The van der Waals surface area contributed by atoms with E-state index in [-0.39, 0.29) is 0 Å². The Morgan fingerprint density at radius 2 is 2.06 bits per heavy atom. The molecule has 1 aromatic carbocycles. The highest BCUT2D eigenvalue weighted by atomic mass is 127. The Kier molecular flexibility index (Phi) is 3.41. The molecule has 0 aliphatic heterocycles. The SMILES string of the molecule is FC(F)(F)c1cccc(Cn2cc(I)cn2)c1. The Morgan fingerprint density at radius 3 is 2.65 bits per heavy atom. The summed E-state index contributed by atoms with van der Waals surface area (Å²) in [7, 11) is 0. The molecule has 0 spiro atoms. The van der Waals surface area contributed by atoms with Crippen LogP contribution in [0.2, 0.25) is 0 Å². The van der Waals surface area contributed by atoms with Crippen molar-refractivity contribution in [2.45, 2.75) is 12.7 Å². The molecule has 1 heterocycles. The second-order valence-corrected chi connectivity index (χ2v) is 4.80. The number of hydrogen-bond donors (Lipinski definition) is 0. The van der Waals surface area contributed by atoms with Gasteiger partial charge in [0.25, 0.3) is 0 Å². The van der Waals surface area contributed by atoms with Crippen molar-refractivity contribution in [3.63, 3.8) is 0 Å². The molecule has 0 saturated carbocycles. The van der Waals surface area contributed by atoms with Crippen LogP contribution in [0.5, 0.6) is 0 Å². The third kappa shape index (κ3) is 3.21. The maximum absolute atomic E-state index is 12.5. The van der Waals surface area contributed by atoms with Gasteiger partial charge in [-0.3, -0.25) is 4.68 Å². The van der Waals surface area contributed by atoms with Gasteiger partial charge >= 0.3 is 6.18 Å². The van der Waals surface area contributed by atoms with E-state index in [0.717, 1.165) is 15.7 Å². The minimum absolute atomic E-state index is 0.340. The molecule has 17 heavy (non-hydrogen) atoms. The minimum atomic E-state index is -4.30. The Hall–Kier alpha value is -1.05. The highest BCUT2D eigenvalue weighted by Crippen LogP contribution is 2.29. The summed E-state index contributed by atoms with van der Waals surface area (Å²) in [5.41, 5.74) is -0.0452. The third-order valence-electron chi connectivity index (χ3n) is 2.20. The first-order valence-corrected chi connectivity index (χ1v) is 5.87. The maximum atomic E-state index is 12.5.